The van der Waals surface area contributed by atoms with Gasteiger partial charge in [0.05, 0.1) is 12.8 Å². The number of hydrogen-bond donors (Lipinski definition) is 2. The minimum absolute atomic E-state index is 0.208. The molecule has 1 aromatic heterocycles. The van der Waals surface area contributed by atoms with Gasteiger partial charge in [-0.1, -0.05) is 11.3 Å². The number of rotatable bonds is 4. The van der Waals surface area contributed by atoms with E-state index in [2.05, 4.69) is 10.3 Å². The van der Waals surface area contributed by atoms with Gasteiger partial charge in [0.15, 0.2) is 5.13 Å². The highest BCUT2D eigenvalue weighted by Crippen LogP contribution is 2.25. The van der Waals surface area contributed by atoms with Crippen LogP contribution in [0.4, 0.5) is 10.1 Å². The first-order valence-electron chi connectivity index (χ1n) is 4.82. The lowest BCUT2D eigenvalue weighted by molar-refractivity contribution is -0.00620. The molecule has 5 nitrogen and oxygen atoms in total. The van der Waals surface area contributed by atoms with Crippen molar-refractivity contribution in [2.75, 3.05) is 37.9 Å². The number of aromatic nitrogens is 1. The summed E-state index contributed by atoms with van der Waals surface area (Å²) in [5, 5.41) is 4.77. The van der Waals surface area contributed by atoms with E-state index in [0.717, 1.165) is 18.2 Å². The molecule has 0 spiro atoms. The van der Waals surface area contributed by atoms with Gasteiger partial charge in [-0.3, -0.25) is 0 Å². The van der Waals surface area contributed by atoms with Crippen molar-refractivity contribution >= 4 is 21.5 Å². The number of ether oxygens (including phenoxy) is 2. The van der Waals surface area contributed by atoms with E-state index in [0.29, 0.717) is 18.2 Å². The molecule has 1 fully saturated rings. The summed E-state index contributed by atoms with van der Waals surface area (Å²) < 4.78 is 10.8. The van der Waals surface area contributed by atoms with Crippen molar-refractivity contribution in [2.24, 2.45) is 0 Å². The predicted molar refractivity (Wildman–Crippen MR) is 60.2 cm³/mol. The van der Waals surface area contributed by atoms with Crippen molar-refractivity contribution in [1.29, 1.82) is 0 Å². The summed E-state index contributed by atoms with van der Waals surface area (Å²) >= 11 is 1.44. The lowest BCUT2D eigenvalue weighted by Crippen LogP contribution is -2.39. The molecule has 1 saturated heterocycles. The predicted octanol–water partition coefficient (Wildman–Crippen LogP) is 0.943. The molecule has 1 aromatic rings. The molecule has 2 heterocycles. The molecule has 1 atom stereocenters. The zero-order valence-corrected chi connectivity index (χ0v) is 9.47. The van der Waals surface area contributed by atoms with Gasteiger partial charge in [0.1, 0.15) is 10.6 Å². The molecule has 0 amide bonds. The van der Waals surface area contributed by atoms with E-state index in [1.165, 1.54) is 11.3 Å². The van der Waals surface area contributed by atoms with Gasteiger partial charge in [-0.25, -0.2) is 4.98 Å². The van der Waals surface area contributed by atoms with E-state index < -0.39 is 0 Å². The van der Waals surface area contributed by atoms with Gasteiger partial charge in [0, 0.05) is 26.7 Å². The molecule has 1 unspecified atom stereocenters. The van der Waals surface area contributed by atoms with Crippen molar-refractivity contribution in [3.8, 4) is 0 Å². The molecule has 0 radical (unpaired) electrons. The summed E-state index contributed by atoms with van der Waals surface area (Å²) in [6.45, 7) is 2.10. The average molecular weight is 229 g/mol. The highest BCUT2D eigenvalue weighted by molar-refractivity contribution is 7.19. The van der Waals surface area contributed by atoms with Gasteiger partial charge >= 0.3 is 0 Å². The second kappa shape index (κ2) is 4.34. The largest absolute Gasteiger partial charge is 0.389 e. The Morgan fingerprint density at radius 2 is 2.67 bits per heavy atom. The maximum atomic E-state index is 5.59. The summed E-state index contributed by atoms with van der Waals surface area (Å²) in [7, 11) is 1.71. The molecular formula is C9H15N3O2S. The zero-order chi connectivity index (χ0) is 10.7. The van der Waals surface area contributed by atoms with Crippen LogP contribution in [0.25, 0.3) is 0 Å². The summed E-state index contributed by atoms with van der Waals surface area (Å²) in [6.07, 6.45) is 2.56. The quantitative estimate of drug-likeness (QED) is 0.804. The fourth-order valence-corrected chi connectivity index (χ4v) is 2.14. The Hall–Kier alpha value is -0.850. The van der Waals surface area contributed by atoms with E-state index in [1.807, 2.05) is 0 Å². The molecule has 6 heteroatoms. The lowest BCUT2D eigenvalue weighted by Gasteiger charge is -2.25. The van der Waals surface area contributed by atoms with Crippen molar-refractivity contribution in [2.45, 2.75) is 12.0 Å². The monoisotopic (exact) mass is 229 g/mol. The third kappa shape index (κ3) is 2.39. The van der Waals surface area contributed by atoms with E-state index in [-0.39, 0.29) is 5.60 Å². The third-order valence-electron chi connectivity index (χ3n) is 2.59. The topological polar surface area (TPSA) is 69.4 Å². The number of nitrogens with zero attached hydrogens (tertiary/aromatic N) is 1. The number of hydrogen-bond acceptors (Lipinski definition) is 6. The Kier molecular flexibility index (Phi) is 3.08. The van der Waals surface area contributed by atoms with Gasteiger partial charge in [0.25, 0.3) is 0 Å². The Balaban J connectivity index is 1.91. The Morgan fingerprint density at radius 3 is 3.20 bits per heavy atom. The van der Waals surface area contributed by atoms with Crippen LogP contribution in [0.2, 0.25) is 0 Å². The lowest BCUT2D eigenvalue weighted by atomic mass is 10.0. The van der Waals surface area contributed by atoms with E-state index >= 15 is 0 Å². The van der Waals surface area contributed by atoms with Gasteiger partial charge in [0.2, 0.25) is 0 Å². The Morgan fingerprint density at radius 1 is 1.80 bits per heavy atom. The van der Waals surface area contributed by atoms with Crippen LogP contribution in [-0.4, -0.2) is 37.5 Å². The van der Waals surface area contributed by atoms with Crippen molar-refractivity contribution in [3.05, 3.63) is 6.20 Å². The van der Waals surface area contributed by atoms with Gasteiger partial charge in [-0.2, -0.15) is 0 Å². The van der Waals surface area contributed by atoms with Crippen molar-refractivity contribution in [3.63, 3.8) is 0 Å². The van der Waals surface area contributed by atoms with Crippen LogP contribution in [-0.2, 0) is 9.47 Å². The number of anilines is 2. The molecule has 1 aliphatic rings. The van der Waals surface area contributed by atoms with Crippen LogP contribution in [0.1, 0.15) is 6.42 Å². The second-order valence-electron chi connectivity index (χ2n) is 3.61. The Labute approximate surface area is 92.6 Å². The number of methoxy groups -OCH3 is 1. The van der Waals surface area contributed by atoms with E-state index in [1.54, 1.807) is 13.3 Å². The smallest absolute Gasteiger partial charge is 0.184 e. The summed E-state index contributed by atoms with van der Waals surface area (Å²) in [4.78, 5) is 4.13. The minimum Gasteiger partial charge on any atom is -0.389 e. The first-order chi connectivity index (χ1) is 7.24. The Bertz CT molecular complexity index is 323. The second-order valence-corrected chi connectivity index (χ2v) is 4.67. The first-order valence-corrected chi connectivity index (χ1v) is 5.64. The first kappa shape index (κ1) is 10.7. The molecule has 0 bridgehead atoms. The van der Waals surface area contributed by atoms with Crippen LogP contribution in [0.3, 0.4) is 0 Å². The molecule has 0 aliphatic carbocycles. The number of nitrogens with one attached hydrogen (secondary N) is 1. The van der Waals surface area contributed by atoms with Crippen LogP contribution < -0.4 is 11.1 Å². The SMILES string of the molecule is COC1(CNc2ncc(N)s2)CCOC1. The summed E-state index contributed by atoms with van der Waals surface area (Å²) in [6, 6.07) is 0. The molecule has 0 aromatic carbocycles. The van der Waals surface area contributed by atoms with Crippen molar-refractivity contribution in [1.82, 2.24) is 4.98 Å². The van der Waals surface area contributed by atoms with Crippen LogP contribution in [0.15, 0.2) is 6.20 Å². The standard InChI is InChI=1S/C9H15N3O2S/c1-13-9(2-3-14-6-9)5-12-8-11-4-7(10)15-8/h4H,2-3,5-6,10H2,1H3,(H,11,12). The zero-order valence-electron chi connectivity index (χ0n) is 8.66. The highest BCUT2D eigenvalue weighted by atomic mass is 32.1. The minimum atomic E-state index is -0.208. The normalized spacial score (nSPS) is 25.7. The maximum absolute atomic E-state index is 5.59. The molecule has 0 saturated carbocycles. The van der Waals surface area contributed by atoms with Gasteiger partial charge in [-0.05, 0) is 0 Å². The highest BCUT2D eigenvalue weighted by Gasteiger charge is 2.34. The van der Waals surface area contributed by atoms with E-state index in [9.17, 15) is 0 Å². The molecule has 15 heavy (non-hydrogen) atoms. The fraction of sp³-hybridized carbons (Fsp3) is 0.667. The van der Waals surface area contributed by atoms with Crippen LogP contribution in [0.5, 0.6) is 0 Å². The molecular weight excluding hydrogens is 214 g/mol. The molecule has 84 valence electrons. The van der Waals surface area contributed by atoms with Crippen LogP contribution in [0, 0.1) is 0 Å². The van der Waals surface area contributed by atoms with Gasteiger partial charge < -0.3 is 20.5 Å². The number of nitrogens with two attached hydrogens (primary N) is 1. The summed E-state index contributed by atoms with van der Waals surface area (Å²) in [5.41, 5.74) is 5.38. The summed E-state index contributed by atoms with van der Waals surface area (Å²) in [5.74, 6) is 0. The average Bonchev–Trinajstić information content (AvgIpc) is 2.85. The number of nitrogen functional groups attached to an aromatic ring is 1. The van der Waals surface area contributed by atoms with Crippen LogP contribution >= 0.6 is 11.3 Å². The fourth-order valence-electron chi connectivity index (χ4n) is 1.57. The molecule has 3 N–H and O–H groups in total. The van der Waals surface area contributed by atoms with Gasteiger partial charge in [-0.15, -0.1) is 0 Å². The third-order valence-corrected chi connectivity index (χ3v) is 3.37. The van der Waals surface area contributed by atoms with Crippen molar-refractivity contribution < 1.29 is 9.47 Å². The van der Waals surface area contributed by atoms with E-state index in [4.69, 9.17) is 15.2 Å². The molecule has 2 rings (SSSR count). The maximum Gasteiger partial charge on any atom is 0.184 e. The number of thiazole rings is 1. The molecule has 1 aliphatic heterocycles.